The van der Waals surface area contributed by atoms with Crippen molar-refractivity contribution in [2.75, 3.05) is 0 Å². The zero-order chi connectivity index (χ0) is 13.8. The third-order valence-electron chi connectivity index (χ3n) is 3.23. The van der Waals surface area contributed by atoms with Gasteiger partial charge in [-0.2, -0.15) is 0 Å². The van der Waals surface area contributed by atoms with Gasteiger partial charge < -0.3 is 15.5 Å². The standard InChI is InChI=1S/C14H17NO4/c16-11-5-1-9(2-6-11)7-13(17)15-12(8-14(18)19)10-3-4-10/h1-2,5-6,10,12,16H,3-4,7-8H2,(H,15,17)(H,18,19). The second-order valence-corrected chi connectivity index (χ2v) is 4.95. The van der Waals surface area contributed by atoms with Gasteiger partial charge in [0.05, 0.1) is 12.8 Å². The molecule has 0 radical (unpaired) electrons. The van der Waals surface area contributed by atoms with Gasteiger partial charge in [-0.15, -0.1) is 0 Å². The molecule has 5 nitrogen and oxygen atoms in total. The quantitative estimate of drug-likeness (QED) is 0.722. The molecule has 0 saturated heterocycles. The topological polar surface area (TPSA) is 86.6 Å². The van der Waals surface area contributed by atoms with Crippen molar-refractivity contribution in [1.82, 2.24) is 5.32 Å². The molecule has 1 aliphatic rings. The van der Waals surface area contributed by atoms with E-state index in [9.17, 15) is 9.59 Å². The van der Waals surface area contributed by atoms with Gasteiger partial charge in [0.25, 0.3) is 0 Å². The molecule has 1 fully saturated rings. The molecular formula is C14H17NO4. The molecule has 5 heteroatoms. The van der Waals surface area contributed by atoms with E-state index in [2.05, 4.69) is 5.32 Å². The molecule has 0 aliphatic heterocycles. The van der Waals surface area contributed by atoms with Crippen LogP contribution in [0.25, 0.3) is 0 Å². The number of aromatic hydroxyl groups is 1. The van der Waals surface area contributed by atoms with E-state index in [-0.39, 0.29) is 30.5 Å². The molecule has 19 heavy (non-hydrogen) atoms. The minimum atomic E-state index is -0.887. The number of carbonyl (C=O) groups excluding carboxylic acids is 1. The SMILES string of the molecule is O=C(O)CC(NC(=O)Cc1ccc(O)cc1)C1CC1. The van der Waals surface area contributed by atoms with E-state index in [1.54, 1.807) is 12.1 Å². The number of carboxylic acids is 1. The van der Waals surface area contributed by atoms with E-state index in [1.165, 1.54) is 12.1 Å². The van der Waals surface area contributed by atoms with E-state index < -0.39 is 5.97 Å². The number of phenols is 1. The monoisotopic (exact) mass is 263 g/mol. The number of hydrogen-bond donors (Lipinski definition) is 3. The number of benzene rings is 1. The van der Waals surface area contributed by atoms with Crippen molar-refractivity contribution < 1.29 is 19.8 Å². The molecule has 0 bridgehead atoms. The Bertz CT molecular complexity index is 465. The predicted octanol–water partition coefficient (Wildman–Crippen LogP) is 1.30. The van der Waals surface area contributed by atoms with Gasteiger partial charge in [-0.05, 0) is 36.5 Å². The number of nitrogens with one attached hydrogen (secondary N) is 1. The summed E-state index contributed by atoms with van der Waals surface area (Å²) in [7, 11) is 0. The normalized spacial score (nSPS) is 15.8. The Balaban J connectivity index is 1.88. The zero-order valence-electron chi connectivity index (χ0n) is 10.5. The number of aliphatic carboxylic acids is 1. The average molecular weight is 263 g/mol. The summed E-state index contributed by atoms with van der Waals surface area (Å²) in [6.07, 6.45) is 2.14. The van der Waals surface area contributed by atoms with Gasteiger partial charge in [-0.1, -0.05) is 12.1 Å². The zero-order valence-corrected chi connectivity index (χ0v) is 10.5. The lowest BCUT2D eigenvalue weighted by molar-refractivity contribution is -0.137. The molecule has 0 aromatic heterocycles. The summed E-state index contributed by atoms with van der Waals surface area (Å²) in [6.45, 7) is 0. The summed E-state index contributed by atoms with van der Waals surface area (Å²) in [6, 6.07) is 6.15. The third kappa shape index (κ3) is 4.28. The van der Waals surface area contributed by atoms with Crippen LogP contribution in [0.1, 0.15) is 24.8 Å². The van der Waals surface area contributed by atoms with Crippen molar-refractivity contribution in [2.24, 2.45) is 5.92 Å². The highest BCUT2D eigenvalue weighted by molar-refractivity contribution is 5.79. The Morgan fingerprint density at radius 1 is 1.26 bits per heavy atom. The fourth-order valence-corrected chi connectivity index (χ4v) is 2.08. The van der Waals surface area contributed by atoms with E-state index in [1.807, 2.05) is 0 Å². The van der Waals surface area contributed by atoms with Gasteiger partial charge >= 0.3 is 5.97 Å². The number of carboxylic acid groups (broad SMARTS) is 1. The highest BCUT2D eigenvalue weighted by atomic mass is 16.4. The molecule has 102 valence electrons. The molecule has 3 N–H and O–H groups in total. The number of hydrogen-bond acceptors (Lipinski definition) is 3. The smallest absolute Gasteiger partial charge is 0.305 e. The minimum absolute atomic E-state index is 0.0218. The maximum atomic E-state index is 11.9. The first kappa shape index (κ1) is 13.4. The lowest BCUT2D eigenvalue weighted by atomic mass is 10.1. The van der Waals surface area contributed by atoms with Crippen LogP contribution in [0.3, 0.4) is 0 Å². The molecule has 0 heterocycles. The average Bonchev–Trinajstić information content (AvgIpc) is 3.14. The first-order valence-electron chi connectivity index (χ1n) is 6.33. The van der Waals surface area contributed by atoms with Gasteiger partial charge in [-0.3, -0.25) is 9.59 Å². The van der Waals surface area contributed by atoms with Crippen LogP contribution in [0.15, 0.2) is 24.3 Å². The summed E-state index contributed by atoms with van der Waals surface area (Å²) < 4.78 is 0. The Labute approximate surface area is 111 Å². The van der Waals surface area contributed by atoms with Gasteiger partial charge in [0.2, 0.25) is 5.91 Å². The van der Waals surface area contributed by atoms with Crippen LogP contribution in [0.4, 0.5) is 0 Å². The lowest BCUT2D eigenvalue weighted by Gasteiger charge is -2.16. The highest BCUT2D eigenvalue weighted by Gasteiger charge is 2.33. The molecule has 1 saturated carbocycles. The molecule has 1 unspecified atom stereocenters. The minimum Gasteiger partial charge on any atom is -0.508 e. The van der Waals surface area contributed by atoms with Crippen LogP contribution in [-0.4, -0.2) is 28.1 Å². The molecule has 2 rings (SSSR count). The molecule has 1 aliphatic carbocycles. The Morgan fingerprint density at radius 2 is 1.89 bits per heavy atom. The summed E-state index contributed by atoms with van der Waals surface area (Å²) in [5.41, 5.74) is 0.792. The van der Waals surface area contributed by atoms with Crippen LogP contribution in [0.5, 0.6) is 5.75 Å². The molecule has 1 aromatic carbocycles. The fraction of sp³-hybridized carbons (Fsp3) is 0.429. The van der Waals surface area contributed by atoms with Crippen molar-refractivity contribution in [3.8, 4) is 5.75 Å². The number of phenolic OH excluding ortho intramolecular Hbond substituents is 1. The second-order valence-electron chi connectivity index (χ2n) is 4.95. The van der Waals surface area contributed by atoms with Crippen LogP contribution >= 0.6 is 0 Å². The van der Waals surface area contributed by atoms with Crippen molar-refractivity contribution >= 4 is 11.9 Å². The number of amides is 1. The number of carbonyl (C=O) groups is 2. The summed E-state index contributed by atoms with van der Waals surface area (Å²) in [5, 5.41) is 20.8. The van der Waals surface area contributed by atoms with Gasteiger partial charge in [-0.25, -0.2) is 0 Å². The van der Waals surface area contributed by atoms with Crippen molar-refractivity contribution in [3.63, 3.8) is 0 Å². The van der Waals surface area contributed by atoms with Crippen molar-refractivity contribution in [3.05, 3.63) is 29.8 Å². The first-order valence-corrected chi connectivity index (χ1v) is 6.33. The Kier molecular flexibility index (Phi) is 4.04. The Morgan fingerprint density at radius 3 is 2.42 bits per heavy atom. The van der Waals surface area contributed by atoms with E-state index in [0.717, 1.165) is 18.4 Å². The van der Waals surface area contributed by atoms with Crippen molar-refractivity contribution in [2.45, 2.75) is 31.7 Å². The molecule has 1 aromatic rings. The van der Waals surface area contributed by atoms with Crippen LogP contribution in [0.2, 0.25) is 0 Å². The predicted molar refractivity (Wildman–Crippen MR) is 68.7 cm³/mol. The van der Waals surface area contributed by atoms with Gasteiger partial charge in [0.1, 0.15) is 5.75 Å². The van der Waals surface area contributed by atoms with E-state index in [4.69, 9.17) is 10.2 Å². The van der Waals surface area contributed by atoms with Crippen LogP contribution < -0.4 is 5.32 Å². The summed E-state index contributed by atoms with van der Waals surface area (Å²) >= 11 is 0. The Hall–Kier alpha value is -2.04. The maximum absolute atomic E-state index is 11.9. The second kappa shape index (κ2) is 5.73. The summed E-state index contributed by atoms with van der Waals surface area (Å²) in [5.74, 6) is -0.601. The third-order valence-corrected chi connectivity index (χ3v) is 3.23. The summed E-state index contributed by atoms with van der Waals surface area (Å²) in [4.78, 5) is 22.6. The van der Waals surface area contributed by atoms with Gasteiger partial charge in [0, 0.05) is 6.04 Å². The van der Waals surface area contributed by atoms with E-state index in [0.29, 0.717) is 5.92 Å². The largest absolute Gasteiger partial charge is 0.508 e. The molecular weight excluding hydrogens is 246 g/mol. The van der Waals surface area contributed by atoms with Crippen LogP contribution in [-0.2, 0) is 16.0 Å². The van der Waals surface area contributed by atoms with Crippen LogP contribution in [0, 0.1) is 5.92 Å². The first-order chi connectivity index (χ1) is 9.04. The lowest BCUT2D eigenvalue weighted by Crippen LogP contribution is -2.38. The number of rotatable bonds is 6. The molecule has 0 spiro atoms. The fourth-order valence-electron chi connectivity index (χ4n) is 2.08. The highest BCUT2D eigenvalue weighted by Crippen LogP contribution is 2.34. The van der Waals surface area contributed by atoms with Crippen molar-refractivity contribution in [1.29, 1.82) is 0 Å². The van der Waals surface area contributed by atoms with E-state index >= 15 is 0 Å². The molecule has 1 amide bonds. The van der Waals surface area contributed by atoms with Gasteiger partial charge in [0.15, 0.2) is 0 Å². The maximum Gasteiger partial charge on any atom is 0.305 e. The molecule has 1 atom stereocenters.